The Morgan fingerprint density at radius 1 is 1.32 bits per heavy atom. The molecule has 1 aliphatic carbocycles. The molecule has 0 unspecified atom stereocenters. The highest BCUT2D eigenvalue weighted by molar-refractivity contribution is 5.78. The average molecular weight is 429 g/mol. The van der Waals surface area contributed by atoms with Gasteiger partial charge in [-0.2, -0.15) is 0 Å². The monoisotopic (exact) mass is 429 g/mol. The number of carbonyl (C=O) groups is 1. The Bertz CT molecular complexity index is 968. The molecule has 166 valence electrons. The smallest absolute Gasteiger partial charge is 0.338 e. The third-order valence-corrected chi connectivity index (χ3v) is 5.47. The van der Waals surface area contributed by atoms with E-state index in [9.17, 15) is 14.9 Å². The van der Waals surface area contributed by atoms with Gasteiger partial charge in [0.15, 0.2) is 23.8 Å². The van der Waals surface area contributed by atoms with Crippen molar-refractivity contribution >= 4 is 23.7 Å². The summed E-state index contributed by atoms with van der Waals surface area (Å²) in [6.07, 6.45) is 7.61. The van der Waals surface area contributed by atoms with Crippen LogP contribution in [-0.2, 0) is 4.79 Å². The van der Waals surface area contributed by atoms with E-state index < -0.39 is 4.92 Å². The van der Waals surface area contributed by atoms with E-state index >= 15 is 0 Å². The molecule has 1 amide bonds. The number of hydrogen-bond acceptors (Lipinski definition) is 7. The van der Waals surface area contributed by atoms with Crippen LogP contribution in [0.3, 0.4) is 0 Å². The largest absolute Gasteiger partial charge is 0.493 e. The maximum atomic E-state index is 12.3. The molecule has 9 heteroatoms. The van der Waals surface area contributed by atoms with Crippen LogP contribution in [0, 0.1) is 23.0 Å². The summed E-state index contributed by atoms with van der Waals surface area (Å²) < 4.78 is 16.0. The van der Waals surface area contributed by atoms with Crippen molar-refractivity contribution in [3.8, 4) is 11.5 Å². The predicted molar refractivity (Wildman–Crippen MR) is 115 cm³/mol. The second-order valence-corrected chi connectivity index (χ2v) is 7.71. The fourth-order valence-electron chi connectivity index (χ4n) is 3.72. The molecule has 1 saturated carbocycles. The number of aromatic nitrogens is 1. The van der Waals surface area contributed by atoms with E-state index in [2.05, 4.69) is 17.4 Å². The molecular formula is C22H27N3O6. The zero-order valence-corrected chi connectivity index (χ0v) is 17.9. The summed E-state index contributed by atoms with van der Waals surface area (Å²) in [4.78, 5) is 22.9. The molecular weight excluding hydrogens is 402 g/mol. The van der Waals surface area contributed by atoms with Gasteiger partial charge in [-0.25, -0.2) is 0 Å². The Morgan fingerprint density at radius 2 is 2.10 bits per heavy atom. The third kappa shape index (κ3) is 5.62. The molecule has 0 aliphatic heterocycles. The summed E-state index contributed by atoms with van der Waals surface area (Å²) in [5.41, 5.74) is 0.765. The molecule has 0 spiro atoms. The van der Waals surface area contributed by atoms with Crippen molar-refractivity contribution in [3.63, 3.8) is 0 Å². The van der Waals surface area contributed by atoms with Gasteiger partial charge in [-0.15, -0.1) is 0 Å². The molecule has 1 heterocycles. The topological polar surface area (TPSA) is 117 Å². The Morgan fingerprint density at radius 3 is 2.81 bits per heavy atom. The maximum absolute atomic E-state index is 12.3. The first-order valence-electron chi connectivity index (χ1n) is 10.3. The molecule has 3 rings (SSSR count). The van der Waals surface area contributed by atoms with Gasteiger partial charge in [0.1, 0.15) is 0 Å². The van der Waals surface area contributed by atoms with E-state index in [4.69, 9.17) is 14.0 Å². The minimum Gasteiger partial charge on any atom is -0.493 e. The molecule has 1 aromatic heterocycles. The van der Waals surface area contributed by atoms with Crippen molar-refractivity contribution < 1.29 is 23.7 Å². The van der Waals surface area contributed by atoms with Crippen LogP contribution in [0.4, 0.5) is 5.69 Å². The van der Waals surface area contributed by atoms with E-state index in [1.807, 2.05) is 0 Å². The van der Waals surface area contributed by atoms with E-state index in [1.165, 1.54) is 26.5 Å². The molecule has 1 aliphatic rings. The Labute approximate surface area is 180 Å². The van der Waals surface area contributed by atoms with Crippen molar-refractivity contribution in [2.45, 2.75) is 45.6 Å². The van der Waals surface area contributed by atoms with Crippen LogP contribution in [0.25, 0.3) is 12.2 Å². The Hall–Kier alpha value is -3.36. The van der Waals surface area contributed by atoms with Crippen molar-refractivity contribution in [2.24, 2.45) is 5.92 Å². The Balaban J connectivity index is 1.63. The normalized spacial score (nSPS) is 18.7. The molecule has 31 heavy (non-hydrogen) atoms. The summed E-state index contributed by atoms with van der Waals surface area (Å²) >= 11 is 0. The highest BCUT2D eigenvalue weighted by atomic mass is 16.6. The van der Waals surface area contributed by atoms with Crippen molar-refractivity contribution in [3.05, 3.63) is 45.3 Å². The van der Waals surface area contributed by atoms with E-state index in [-0.39, 0.29) is 35.7 Å². The molecule has 2 atom stereocenters. The lowest BCUT2D eigenvalue weighted by Gasteiger charge is -2.29. The zero-order valence-electron chi connectivity index (χ0n) is 17.9. The summed E-state index contributed by atoms with van der Waals surface area (Å²) in [7, 11) is 1.50. The van der Waals surface area contributed by atoms with Gasteiger partial charge >= 0.3 is 5.69 Å². The molecule has 9 nitrogen and oxygen atoms in total. The summed E-state index contributed by atoms with van der Waals surface area (Å²) in [6.45, 7) is 3.58. The van der Waals surface area contributed by atoms with E-state index in [0.29, 0.717) is 23.0 Å². The number of nitrogens with zero attached hydrogens (tertiary/aromatic N) is 2. The Kier molecular flexibility index (Phi) is 7.28. The number of aryl methyl sites for hydroxylation is 1. The van der Waals surface area contributed by atoms with Crippen LogP contribution >= 0.6 is 0 Å². The van der Waals surface area contributed by atoms with Crippen molar-refractivity contribution in [1.29, 1.82) is 0 Å². The van der Waals surface area contributed by atoms with Crippen molar-refractivity contribution in [2.75, 3.05) is 13.7 Å². The number of methoxy groups -OCH3 is 1. The van der Waals surface area contributed by atoms with E-state index in [1.54, 1.807) is 24.3 Å². The van der Waals surface area contributed by atoms with Crippen LogP contribution in [-0.4, -0.2) is 35.7 Å². The van der Waals surface area contributed by atoms with Gasteiger partial charge in [-0.3, -0.25) is 14.9 Å². The average Bonchev–Trinajstić information content (AvgIpc) is 3.13. The highest BCUT2D eigenvalue weighted by Crippen LogP contribution is 2.30. The minimum absolute atomic E-state index is 0.0652. The van der Waals surface area contributed by atoms with Gasteiger partial charge in [-0.1, -0.05) is 37.1 Å². The number of benzene rings is 1. The second-order valence-electron chi connectivity index (χ2n) is 7.71. The van der Waals surface area contributed by atoms with Crippen LogP contribution < -0.4 is 14.8 Å². The van der Waals surface area contributed by atoms with Gasteiger partial charge in [0.2, 0.25) is 5.76 Å². The maximum Gasteiger partial charge on any atom is 0.338 e. The minimum atomic E-state index is -0.526. The lowest BCUT2D eigenvalue weighted by molar-refractivity contribution is -0.386. The fourth-order valence-corrected chi connectivity index (χ4v) is 3.72. The summed E-state index contributed by atoms with van der Waals surface area (Å²) in [5, 5.41) is 17.8. The lowest BCUT2D eigenvalue weighted by Crippen LogP contribution is -2.43. The SMILES string of the molecule is COc1cc(/C=C/c2onc(C)c2[N+](=O)[O-])ccc1OCC(=O)N[C@@H]1CCCC[C@@H]1C. The number of rotatable bonds is 8. The standard InChI is InChI=1S/C22H27N3O6/c1-14-6-4-5-7-17(14)23-21(26)13-30-18-10-8-16(12-20(18)29-3)9-11-19-22(25(27)28)15(2)24-31-19/h8-12,14,17H,4-7,13H2,1-3H3,(H,23,26)/b11-9+/t14-,17+/m0/s1. The fraction of sp³-hybridized carbons (Fsp3) is 0.455. The van der Waals surface area contributed by atoms with Crippen LogP contribution in [0.15, 0.2) is 22.7 Å². The first-order chi connectivity index (χ1) is 14.9. The highest BCUT2D eigenvalue weighted by Gasteiger charge is 2.23. The lowest BCUT2D eigenvalue weighted by atomic mass is 9.86. The van der Waals surface area contributed by atoms with Crippen LogP contribution in [0.5, 0.6) is 11.5 Å². The van der Waals surface area contributed by atoms with Crippen molar-refractivity contribution in [1.82, 2.24) is 10.5 Å². The van der Waals surface area contributed by atoms with Gasteiger partial charge in [-0.05, 0) is 49.5 Å². The first kappa shape index (κ1) is 22.3. The molecule has 1 fully saturated rings. The molecule has 0 saturated heterocycles. The quantitative estimate of drug-likeness (QED) is 0.495. The van der Waals surface area contributed by atoms with Gasteiger partial charge < -0.3 is 19.3 Å². The van der Waals surface area contributed by atoms with E-state index in [0.717, 1.165) is 19.3 Å². The van der Waals surface area contributed by atoms with Crippen LogP contribution in [0.1, 0.15) is 49.6 Å². The predicted octanol–water partition coefficient (Wildman–Crippen LogP) is 4.14. The molecule has 1 N–H and O–H groups in total. The summed E-state index contributed by atoms with van der Waals surface area (Å²) in [6, 6.07) is 5.35. The molecule has 0 bridgehead atoms. The number of nitrogens with one attached hydrogen (secondary N) is 1. The van der Waals surface area contributed by atoms with Gasteiger partial charge in [0.25, 0.3) is 5.91 Å². The second kappa shape index (κ2) is 10.1. The number of hydrogen-bond donors (Lipinski definition) is 1. The molecule has 1 aromatic carbocycles. The number of amides is 1. The van der Waals surface area contributed by atoms with Crippen LogP contribution in [0.2, 0.25) is 0 Å². The number of ether oxygens (including phenoxy) is 2. The molecule has 2 aromatic rings. The summed E-state index contributed by atoms with van der Waals surface area (Å²) in [5.74, 6) is 1.27. The first-order valence-corrected chi connectivity index (χ1v) is 10.3. The number of nitro groups is 1. The number of carbonyl (C=O) groups excluding carboxylic acids is 1. The van der Waals surface area contributed by atoms with Gasteiger partial charge in [0, 0.05) is 6.04 Å². The molecule has 0 radical (unpaired) electrons. The van der Waals surface area contributed by atoms with Gasteiger partial charge in [0.05, 0.1) is 12.0 Å². The zero-order chi connectivity index (χ0) is 22.4. The third-order valence-electron chi connectivity index (χ3n) is 5.47.